The van der Waals surface area contributed by atoms with Crippen molar-refractivity contribution in [3.8, 4) is 0 Å². The molecule has 6 nitrogen and oxygen atoms in total. The summed E-state index contributed by atoms with van der Waals surface area (Å²) in [4.78, 5) is 8.33. The number of hydrogen-bond donors (Lipinski definition) is 0. The van der Waals surface area contributed by atoms with Crippen LogP contribution in [0.15, 0.2) is 0 Å². The molecule has 0 rings (SSSR count). The predicted octanol–water partition coefficient (Wildman–Crippen LogP) is -6.01. The Labute approximate surface area is 49.4 Å². The molecule has 0 saturated carbocycles. The van der Waals surface area contributed by atoms with E-state index in [1.165, 1.54) is 0 Å². The minimum atomic E-state index is -3.65. The highest BCUT2D eigenvalue weighted by Gasteiger charge is 1.67. The van der Waals surface area contributed by atoms with E-state index in [1.807, 2.05) is 0 Å². The molecule has 8 heavy (non-hydrogen) atoms. The minimum absolute atomic E-state index is 2.33. The zero-order chi connectivity index (χ0) is 7.15. The summed E-state index contributed by atoms with van der Waals surface area (Å²) in [5.74, 6) is 0. The van der Waals surface area contributed by atoms with Gasteiger partial charge in [-0.05, 0) is 6.16 Å². The second-order valence-corrected chi connectivity index (χ2v) is 1.23. The largest absolute Gasteiger partial charge is 0.652 e. The molecule has 0 aromatic rings. The first-order valence-electron chi connectivity index (χ1n) is 1.08. The summed E-state index contributed by atoms with van der Waals surface area (Å²) in [5.41, 5.74) is 0. The zero-order valence-corrected chi connectivity index (χ0v) is 4.91. The average Bonchev–Trinajstić information content (AvgIpc) is 1.25. The van der Waals surface area contributed by atoms with E-state index in [2.05, 4.69) is 0 Å². The lowest BCUT2D eigenvalue weighted by molar-refractivity contribution is -1.73. The molecule has 50 valence electrons. The third kappa shape index (κ3) is 882. The van der Waals surface area contributed by atoms with Crippen LogP contribution in [0, 0.1) is 14.8 Å². The van der Waals surface area contributed by atoms with Gasteiger partial charge in [-0.3, -0.25) is 0 Å². The van der Waals surface area contributed by atoms with Gasteiger partial charge in [0, 0.05) is 0 Å². The van der Waals surface area contributed by atoms with Crippen molar-refractivity contribution in [3.05, 3.63) is 0 Å². The van der Waals surface area contributed by atoms with Crippen molar-refractivity contribution in [2.24, 2.45) is 0 Å². The molecule has 0 spiro atoms. The predicted molar refractivity (Wildman–Crippen MR) is 5.40 cm³/mol. The number of carbonyl (C=O) groups excluding carboxylic acids is 1. The molecule has 0 aliphatic rings. The summed E-state index contributed by atoms with van der Waals surface area (Å²) in [7, 11) is 0. The highest BCUT2D eigenvalue weighted by molar-refractivity contribution is 5.47. The van der Waals surface area contributed by atoms with Crippen molar-refractivity contribution in [2.45, 2.75) is 0 Å². The van der Waals surface area contributed by atoms with Crippen LogP contribution in [0.3, 0.4) is 0 Å². The minimum Gasteiger partial charge on any atom is -0.652 e. The van der Waals surface area contributed by atoms with E-state index in [0.717, 1.165) is 0 Å². The van der Waals surface area contributed by atoms with Crippen molar-refractivity contribution in [1.29, 1.82) is 0 Å². The molecule has 0 bridgehead atoms. The zero-order valence-electron chi connectivity index (χ0n) is 3.33. The van der Waals surface area contributed by atoms with Gasteiger partial charge in [0.25, 0.3) is 0 Å². The fourth-order valence-electron chi connectivity index (χ4n) is 0. The Hall–Kier alpha value is -0.370. The highest BCUT2D eigenvalue weighted by atomic mass is 80.0. The molecular weight excluding hydrogens is 188 g/mol. The van der Waals surface area contributed by atoms with Gasteiger partial charge in [-0.2, -0.15) is 0 Å². The van der Waals surface area contributed by atoms with Crippen molar-refractivity contribution in [3.63, 3.8) is 0 Å². The Kier molecular flexibility index (Phi) is 8.77. The molecule has 0 heterocycles. The van der Waals surface area contributed by atoms with Crippen molar-refractivity contribution >= 4 is 6.16 Å². The van der Waals surface area contributed by atoms with E-state index in [1.54, 1.807) is 0 Å². The van der Waals surface area contributed by atoms with E-state index in [4.69, 9.17) is 27.6 Å². The van der Waals surface area contributed by atoms with Gasteiger partial charge in [0.2, 0.25) is 14.8 Å². The van der Waals surface area contributed by atoms with Gasteiger partial charge < -0.3 is 27.6 Å². The summed E-state index contributed by atoms with van der Waals surface area (Å²) in [5, 5.41) is 16.7. The Morgan fingerprint density at radius 3 is 1.12 bits per heavy atom. The molecule has 0 fully saturated rings. The summed E-state index contributed by atoms with van der Waals surface area (Å²) in [6.45, 7) is 0. The van der Waals surface area contributed by atoms with E-state index in [-0.39, 0.29) is 0 Å². The van der Waals surface area contributed by atoms with Crippen molar-refractivity contribution < 1.29 is 42.4 Å². The summed E-state index contributed by atoms with van der Waals surface area (Å²) in [6.07, 6.45) is -2.33. The monoisotopic (exact) mass is 187 g/mol. The smallest absolute Gasteiger partial charge is 0.216 e. The maximum absolute atomic E-state index is 8.52. The highest BCUT2D eigenvalue weighted by Crippen LogP contribution is 1.24. The lowest BCUT2D eigenvalue weighted by Gasteiger charge is -1.96. The van der Waals surface area contributed by atoms with E-state index in [9.17, 15) is 0 Å². The van der Waals surface area contributed by atoms with Gasteiger partial charge in [-0.25, -0.2) is 0 Å². The summed E-state index contributed by atoms with van der Waals surface area (Å²) < 4.78 is 25.6. The topological polar surface area (TPSA) is 132 Å². The quantitative estimate of drug-likeness (QED) is 0.371. The molecule has 0 aromatic carbocycles. The number of rotatable bonds is 0. The van der Waals surface area contributed by atoms with Crippen LogP contribution in [0.25, 0.3) is 0 Å². The van der Waals surface area contributed by atoms with Gasteiger partial charge >= 0.3 is 0 Å². The van der Waals surface area contributed by atoms with Gasteiger partial charge in [-0.1, -0.05) is 0 Å². The van der Waals surface area contributed by atoms with Crippen LogP contribution in [0.1, 0.15) is 0 Å². The van der Waals surface area contributed by atoms with Crippen LogP contribution in [-0.2, 0) is 0 Å². The Balaban J connectivity index is 0. The average molecular weight is 188 g/mol. The van der Waals surface area contributed by atoms with E-state index < -0.39 is 21.0 Å². The number of hydrogen-bond acceptors (Lipinski definition) is 6. The molecule has 0 amide bonds. The van der Waals surface area contributed by atoms with Crippen LogP contribution in [0.2, 0.25) is 0 Å². The molecule has 0 aromatic heterocycles. The maximum atomic E-state index is 8.52. The van der Waals surface area contributed by atoms with Gasteiger partial charge in [0.15, 0.2) is 0 Å². The molecule has 0 radical (unpaired) electrons. The summed E-state index contributed by atoms with van der Waals surface area (Å²) in [6, 6.07) is 0. The Morgan fingerprint density at radius 2 is 1.12 bits per heavy atom. The molecule has 7 heteroatoms. The molecular formula is CBrO6-3. The Morgan fingerprint density at radius 1 is 1.12 bits per heavy atom. The van der Waals surface area contributed by atoms with Gasteiger partial charge in [0.1, 0.15) is 0 Å². The van der Waals surface area contributed by atoms with E-state index in [0.29, 0.717) is 0 Å². The molecule has 0 N–H and O–H groups in total. The molecule has 0 aliphatic heterocycles. The van der Waals surface area contributed by atoms with Crippen molar-refractivity contribution in [1.82, 2.24) is 0 Å². The first kappa shape index (κ1) is 10.6. The first-order chi connectivity index (χ1) is 3.46. The number of halogens is 1. The normalized spacial score (nSPS) is 7.50. The van der Waals surface area contributed by atoms with Crippen LogP contribution in [-0.4, -0.2) is 6.16 Å². The van der Waals surface area contributed by atoms with Crippen LogP contribution >= 0.6 is 0 Å². The number of carbonyl (C=O) groups is 1. The maximum Gasteiger partial charge on any atom is 0.216 e. The second-order valence-electron chi connectivity index (χ2n) is 0.439. The Bertz CT molecular complexity index is 52.8. The fraction of sp³-hybridized carbons (Fsp3) is 0. The lowest BCUT2D eigenvalue weighted by Crippen LogP contribution is -2.42. The van der Waals surface area contributed by atoms with Crippen LogP contribution in [0.5, 0.6) is 0 Å². The van der Waals surface area contributed by atoms with Crippen LogP contribution < -0.4 is 22.8 Å². The second kappa shape index (κ2) is 6.63. The SMILES string of the molecule is O=C([O-])[O-].[O-][Br+2]([O-])[O-]. The molecule has 0 unspecified atom stereocenters. The van der Waals surface area contributed by atoms with Gasteiger partial charge in [0.05, 0.1) is 0 Å². The molecule has 0 atom stereocenters. The number of carboxylic acid groups (broad SMARTS) is 2. The molecule has 0 saturated heterocycles. The summed E-state index contributed by atoms with van der Waals surface area (Å²) >= 11 is -3.65. The third-order valence-corrected chi connectivity index (χ3v) is 0. The molecule has 0 aliphatic carbocycles. The fourth-order valence-corrected chi connectivity index (χ4v) is 0. The first-order valence-corrected chi connectivity index (χ1v) is 3.02. The third-order valence-electron chi connectivity index (χ3n) is 0. The van der Waals surface area contributed by atoms with Gasteiger partial charge in [-0.15, -0.1) is 0 Å². The standard InChI is InChI=1S/CH2O3.BrO3/c2*2-1(3)4/h(H2,2,3,4);/q;-1/p-2. The van der Waals surface area contributed by atoms with Crippen LogP contribution in [0.4, 0.5) is 4.79 Å². The van der Waals surface area contributed by atoms with Crippen molar-refractivity contribution in [2.75, 3.05) is 0 Å². The van der Waals surface area contributed by atoms with E-state index >= 15 is 0 Å². The lowest BCUT2D eigenvalue weighted by atomic mass is 11.5.